The Hall–Kier alpha value is -1.06. The summed E-state index contributed by atoms with van der Waals surface area (Å²) in [7, 11) is 1.63. The van der Waals surface area contributed by atoms with Gasteiger partial charge in [0.1, 0.15) is 12.0 Å². The molecule has 1 aromatic rings. The molecule has 2 N–H and O–H groups in total. The number of hydrogen-bond donors (Lipinski definition) is 2. The number of ether oxygens (including phenoxy) is 1. The number of benzene rings is 1. The van der Waals surface area contributed by atoms with Crippen LogP contribution in [0.3, 0.4) is 0 Å². The van der Waals surface area contributed by atoms with Crippen LogP contribution in [-0.2, 0) is 6.42 Å². The molecular weight excluding hydrogens is 166 g/mol. The van der Waals surface area contributed by atoms with E-state index < -0.39 is 6.23 Å². The van der Waals surface area contributed by atoms with Crippen molar-refractivity contribution in [2.45, 2.75) is 12.6 Å². The van der Waals surface area contributed by atoms with E-state index in [1.165, 1.54) is 5.56 Å². The van der Waals surface area contributed by atoms with E-state index in [9.17, 15) is 5.11 Å². The minimum Gasteiger partial charge on any atom is -0.497 e. The fraction of sp³-hybridized carbons (Fsp3) is 0.400. The third kappa shape index (κ3) is 1.53. The SMILES string of the molecule is COc1ccc2c(c1)C(O)NCC2. The Morgan fingerprint density at radius 2 is 2.38 bits per heavy atom. The summed E-state index contributed by atoms with van der Waals surface area (Å²) in [6, 6.07) is 5.82. The van der Waals surface area contributed by atoms with Crippen LogP contribution in [0.1, 0.15) is 17.4 Å². The van der Waals surface area contributed by atoms with Crippen molar-refractivity contribution in [1.82, 2.24) is 5.32 Å². The molecule has 2 rings (SSSR count). The normalized spacial score (nSPS) is 20.9. The van der Waals surface area contributed by atoms with Crippen molar-refractivity contribution in [3.05, 3.63) is 29.3 Å². The molecule has 0 amide bonds. The van der Waals surface area contributed by atoms with Crippen molar-refractivity contribution < 1.29 is 9.84 Å². The molecule has 3 heteroatoms. The van der Waals surface area contributed by atoms with Crippen molar-refractivity contribution in [1.29, 1.82) is 0 Å². The van der Waals surface area contributed by atoms with E-state index in [2.05, 4.69) is 5.32 Å². The number of aliphatic hydroxyl groups is 1. The number of methoxy groups -OCH3 is 1. The van der Waals surface area contributed by atoms with Crippen molar-refractivity contribution in [2.75, 3.05) is 13.7 Å². The van der Waals surface area contributed by atoms with Gasteiger partial charge in [-0.25, -0.2) is 0 Å². The van der Waals surface area contributed by atoms with Gasteiger partial charge in [-0.1, -0.05) is 6.07 Å². The van der Waals surface area contributed by atoms with Gasteiger partial charge in [0.05, 0.1) is 7.11 Å². The standard InChI is InChI=1S/C10H13NO2/c1-13-8-3-2-7-4-5-11-10(12)9(7)6-8/h2-3,6,10-12H,4-5H2,1H3. The average molecular weight is 179 g/mol. The van der Waals surface area contributed by atoms with Crippen LogP contribution < -0.4 is 10.1 Å². The molecule has 1 unspecified atom stereocenters. The van der Waals surface area contributed by atoms with Crippen LogP contribution in [0.4, 0.5) is 0 Å². The minimum absolute atomic E-state index is 0.543. The van der Waals surface area contributed by atoms with Gasteiger partial charge in [-0.15, -0.1) is 0 Å². The van der Waals surface area contributed by atoms with Crippen molar-refractivity contribution >= 4 is 0 Å². The Morgan fingerprint density at radius 3 is 3.15 bits per heavy atom. The van der Waals surface area contributed by atoms with Crippen LogP contribution in [-0.4, -0.2) is 18.8 Å². The molecule has 1 aliphatic heterocycles. The van der Waals surface area contributed by atoms with E-state index in [0.29, 0.717) is 0 Å². The van der Waals surface area contributed by atoms with Crippen LogP contribution >= 0.6 is 0 Å². The highest BCUT2D eigenvalue weighted by Gasteiger charge is 2.17. The summed E-state index contributed by atoms with van der Waals surface area (Å²) in [4.78, 5) is 0. The monoisotopic (exact) mass is 179 g/mol. The second kappa shape index (κ2) is 3.36. The van der Waals surface area contributed by atoms with Gasteiger partial charge < -0.3 is 9.84 Å². The minimum atomic E-state index is -0.543. The molecule has 0 saturated carbocycles. The van der Waals surface area contributed by atoms with E-state index in [4.69, 9.17) is 4.74 Å². The zero-order chi connectivity index (χ0) is 9.26. The lowest BCUT2D eigenvalue weighted by Gasteiger charge is -2.22. The number of hydrogen-bond acceptors (Lipinski definition) is 3. The highest BCUT2D eigenvalue weighted by molar-refractivity contribution is 5.38. The molecule has 0 bridgehead atoms. The van der Waals surface area contributed by atoms with Crippen molar-refractivity contribution in [3.8, 4) is 5.75 Å². The third-order valence-electron chi connectivity index (χ3n) is 2.38. The molecule has 1 heterocycles. The first-order chi connectivity index (χ1) is 6.31. The van der Waals surface area contributed by atoms with Gasteiger partial charge >= 0.3 is 0 Å². The van der Waals surface area contributed by atoms with Gasteiger partial charge in [0.25, 0.3) is 0 Å². The summed E-state index contributed by atoms with van der Waals surface area (Å²) < 4.78 is 5.09. The van der Waals surface area contributed by atoms with E-state index in [-0.39, 0.29) is 0 Å². The molecule has 0 aliphatic carbocycles. The number of fused-ring (bicyclic) bond motifs is 1. The lowest BCUT2D eigenvalue weighted by molar-refractivity contribution is 0.131. The Balaban J connectivity index is 2.41. The second-order valence-corrected chi connectivity index (χ2v) is 3.17. The topological polar surface area (TPSA) is 41.5 Å². The van der Waals surface area contributed by atoms with Crippen molar-refractivity contribution in [3.63, 3.8) is 0 Å². The highest BCUT2D eigenvalue weighted by atomic mass is 16.5. The van der Waals surface area contributed by atoms with E-state index in [0.717, 1.165) is 24.3 Å². The summed E-state index contributed by atoms with van der Waals surface area (Å²) in [6.45, 7) is 0.834. The molecule has 0 saturated heterocycles. The molecule has 70 valence electrons. The molecule has 0 radical (unpaired) electrons. The molecule has 3 nitrogen and oxygen atoms in total. The Bertz CT molecular complexity index is 312. The van der Waals surface area contributed by atoms with E-state index in [1.54, 1.807) is 7.11 Å². The van der Waals surface area contributed by atoms with Crippen LogP contribution in [0, 0.1) is 0 Å². The maximum Gasteiger partial charge on any atom is 0.131 e. The fourth-order valence-corrected chi connectivity index (χ4v) is 1.64. The summed E-state index contributed by atoms with van der Waals surface area (Å²) in [6.07, 6.45) is 0.426. The van der Waals surface area contributed by atoms with Crippen LogP contribution in [0.5, 0.6) is 5.75 Å². The predicted octanol–water partition coefficient (Wildman–Crippen LogP) is 0.832. The van der Waals surface area contributed by atoms with Crippen LogP contribution in [0.2, 0.25) is 0 Å². The second-order valence-electron chi connectivity index (χ2n) is 3.17. The van der Waals surface area contributed by atoms with E-state index >= 15 is 0 Å². The van der Waals surface area contributed by atoms with Crippen LogP contribution in [0.25, 0.3) is 0 Å². The smallest absolute Gasteiger partial charge is 0.131 e. The molecule has 1 aliphatic rings. The first kappa shape index (κ1) is 8.53. The maximum atomic E-state index is 9.61. The van der Waals surface area contributed by atoms with Gasteiger partial charge in [-0.3, -0.25) is 5.32 Å². The number of rotatable bonds is 1. The molecular formula is C10H13NO2. The van der Waals surface area contributed by atoms with Gasteiger partial charge in [-0.05, 0) is 24.1 Å². The number of aliphatic hydroxyl groups excluding tert-OH is 1. The summed E-state index contributed by atoms with van der Waals surface area (Å²) in [5.41, 5.74) is 2.14. The van der Waals surface area contributed by atoms with Gasteiger partial charge in [0.2, 0.25) is 0 Å². The number of nitrogens with one attached hydrogen (secondary N) is 1. The van der Waals surface area contributed by atoms with Crippen LogP contribution in [0.15, 0.2) is 18.2 Å². The van der Waals surface area contributed by atoms with Gasteiger partial charge in [0, 0.05) is 12.1 Å². The average Bonchev–Trinajstić information content (AvgIpc) is 2.18. The molecule has 0 spiro atoms. The molecule has 13 heavy (non-hydrogen) atoms. The molecule has 0 aromatic heterocycles. The van der Waals surface area contributed by atoms with Crippen molar-refractivity contribution in [2.24, 2.45) is 0 Å². The zero-order valence-corrected chi connectivity index (χ0v) is 7.58. The largest absolute Gasteiger partial charge is 0.497 e. The Kier molecular flexibility index (Phi) is 2.20. The molecule has 0 fully saturated rings. The Morgan fingerprint density at radius 1 is 1.54 bits per heavy atom. The third-order valence-corrected chi connectivity index (χ3v) is 2.38. The quantitative estimate of drug-likeness (QED) is 0.671. The lowest BCUT2D eigenvalue weighted by Crippen LogP contribution is -2.29. The van der Waals surface area contributed by atoms with Gasteiger partial charge in [0.15, 0.2) is 0 Å². The summed E-state index contributed by atoms with van der Waals surface area (Å²) >= 11 is 0. The summed E-state index contributed by atoms with van der Waals surface area (Å²) in [5.74, 6) is 0.793. The fourth-order valence-electron chi connectivity index (χ4n) is 1.64. The highest BCUT2D eigenvalue weighted by Crippen LogP contribution is 2.25. The Labute approximate surface area is 77.3 Å². The maximum absolute atomic E-state index is 9.61. The van der Waals surface area contributed by atoms with E-state index in [1.807, 2.05) is 18.2 Å². The lowest BCUT2D eigenvalue weighted by atomic mass is 9.99. The molecule has 1 aromatic carbocycles. The van der Waals surface area contributed by atoms with Gasteiger partial charge in [-0.2, -0.15) is 0 Å². The first-order valence-electron chi connectivity index (χ1n) is 4.39. The molecule has 1 atom stereocenters. The first-order valence-corrected chi connectivity index (χ1v) is 4.39. The predicted molar refractivity (Wildman–Crippen MR) is 49.7 cm³/mol. The summed E-state index contributed by atoms with van der Waals surface area (Å²) in [5, 5.41) is 12.6. The zero-order valence-electron chi connectivity index (χ0n) is 7.58.